The number of nitrogens with two attached hydrogens (primary N) is 1. The lowest BCUT2D eigenvalue weighted by Crippen LogP contribution is -2.45. The molecule has 1 heterocycles. The molecule has 0 aliphatic carbocycles. The molecule has 0 saturated carbocycles. The minimum Gasteiger partial charge on any atom is -0.379 e. The quantitative estimate of drug-likeness (QED) is 0.0962. The molecule has 0 bridgehead atoms. The first-order valence-corrected chi connectivity index (χ1v) is 14.2. The van der Waals surface area contributed by atoms with E-state index < -0.39 is 0 Å². The number of hydrogen-bond donors (Lipinski definition) is 5. The van der Waals surface area contributed by atoms with Crippen LogP contribution in [0.2, 0.25) is 0 Å². The van der Waals surface area contributed by atoms with Crippen LogP contribution in [-0.4, -0.2) is 109 Å². The first kappa shape index (κ1) is 34.0. The number of amides is 2. The van der Waals surface area contributed by atoms with Crippen molar-refractivity contribution in [3.8, 4) is 0 Å². The van der Waals surface area contributed by atoms with E-state index in [4.69, 9.17) is 19.9 Å². The van der Waals surface area contributed by atoms with E-state index in [1.54, 1.807) is 0 Å². The van der Waals surface area contributed by atoms with Gasteiger partial charge in [-0.1, -0.05) is 13.3 Å². The monoisotopic (exact) mass is 521 g/mol. The first-order chi connectivity index (χ1) is 17.2. The van der Waals surface area contributed by atoms with Gasteiger partial charge in [0.05, 0.1) is 32.5 Å². The summed E-state index contributed by atoms with van der Waals surface area (Å²) in [6, 6.07) is 0.780. The third kappa shape index (κ3) is 23.2. The van der Waals surface area contributed by atoms with E-state index in [2.05, 4.69) is 28.2 Å². The van der Waals surface area contributed by atoms with Crippen LogP contribution in [0, 0.1) is 0 Å². The molecule has 208 valence electrons. The predicted molar refractivity (Wildman–Crippen MR) is 144 cm³/mol. The van der Waals surface area contributed by atoms with Crippen LogP contribution < -0.4 is 27.0 Å². The molecule has 6 N–H and O–H groups in total. The third-order valence-corrected chi connectivity index (χ3v) is 6.41. The first-order valence-electron chi connectivity index (χ1n) is 13.0. The molecule has 10 nitrogen and oxygen atoms in total. The number of thioether (sulfide) groups is 1. The van der Waals surface area contributed by atoms with Crippen LogP contribution in [0.15, 0.2) is 0 Å². The van der Waals surface area contributed by atoms with Crippen LogP contribution >= 0.6 is 11.8 Å². The highest BCUT2D eigenvalue weighted by molar-refractivity contribution is 7.99. The van der Waals surface area contributed by atoms with Gasteiger partial charge in [-0.15, -0.1) is 0 Å². The van der Waals surface area contributed by atoms with Gasteiger partial charge in [-0.05, 0) is 52.4 Å². The van der Waals surface area contributed by atoms with Crippen LogP contribution in [0.3, 0.4) is 0 Å². The van der Waals surface area contributed by atoms with Gasteiger partial charge in [0.25, 0.3) is 0 Å². The zero-order valence-corrected chi connectivity index (χ0v) is 22.8. The van der Waals surface area contributed by atoms with Crippen molar-refractivity contribution in [3.63, 3.8) is 0 Å². The van der Waals surface area contributed by atoms with E-state index in [-0.39, 0.29) is 5.91 Å². The van der Waals surface area contributed by atoms with E-state index in [9.17, 15) is 9.59 Å². The zero-order chi connectivity index (χ0) is 25.8. The Hall–Kier alpha value is -0.950. The molecule has 0 unspecified atom stereocenters. The Morgan fingerprint density at radius 2 is 1.51 bits per heavy atom. The van der Waals surface area contributed by atoms with E-state index in [0.717, 1.165) is 76.3 Å². The Morgan fingerprint density at radius 1 is 0.914 bits per heavy atom. The van der Waals surface area contributed by atoms with Crippen molar-refractivity contribution in [2.24, 2.45) is 5.73 Å². The van der Waals surface area contributed by atoms with Gasteiger partial charge >= 0.3 is 0 Å². The lowest BCUT2D eigenvalue weighted by Gasteiger charge is -2.16. The van der Waals surface area contributed by atoms with Crippen LogP contribution in [0.25, 0.3) is 0 Å². The topological polar surface area (TPSA) is 136 Å². The fourth-order valence-electron chi connectivity index (χ4n) is 3.11. The van der Waals surface area contributed by atoms with Crippen molar-refractivity contribution < 1.29 is 23.8 Å². The molecule has 1 fully saturated rings. The van der Waals surface area contributed by atoms with Gasteiger partial charge in [0.1, 0.15) is 0 Å². The summed E-state index contributed by atoms with van der Waals surface area (Å²) < 4.78 is 16.4. The summed E-state index contributed by atoms with van der Waals surface area (Å²) in [4.78, 5) is 21.4. The number of unbranched alkanes of at least 4 members (excludes halogenated alkanes) is 1. The van der Waals surface area contributed by atoms with Crippen molar-refractivity contribution in [1.29, 1.82) is 0 Å². The number of hydrogen-bond acceptors (Lipinski definition) is 9. The number of ether oxygens (including phenoxy) is 3. The van der Waals surface area contributed by atoms with Crippen molar-refractivity contribution >= 4 is 24.1 Å². The van der Waals surface area contributed by atoms with Crippen molar-refractivity contribution in [3.05, 3.63) is 0 Å². The normalized spacial score (nSPS) is 17.0. The van der Waals surface area contributed by atoms with Crippen LogP contribution in [0.1, 0.15) is 45.4 Å². The molecule has 0 radical (unpaired) electrons. The third-order valence-electron chi connectivity index (χ3n) is 5.22. The summed E-state index contributed by atoms with van der Waals surface area (Å²) in [6.45, 7) is 9.20. The van der Waals surface area contributed by atoms with E-state index >= 15 is 0 Å². The molecule has 0 aromatic carbocycles. The Labute approximate surface area is 216 Å². The number of rotatable bonds is 23. The highest BCUT2D eigenvalue weighted by Gasteiger charge is 2.25. The van der Waals surface area contributed by atoms with Gasteiger partial charge in [0.2, 0.25) is 12.3 Å². The second kappa shape index (κ2) is 27.6. The fourth-order valence-corrected chi connectivity index (χ4v) is 4.48. The summed E-state index contributed by atoms with van der Waals surface area (Å²) in [6.07, 6.45) is 6.26. The van der Waals surface area contributed by atoms with Gasteiger partial charge in [-0.3, -0.25) is 9.59 Å². The molecule has 11 heteroatoms. The summed E-state index contributed by atoms with van der Waals surface area (Å²) in [5, 5.41) is 12.1. The van der Waals surface area contributed by atoms with Gasteiger partial charge in [-0.2, -0.15) is 11.8 Å². The fraction of sp³-hybridized carbons (Fsp3) is 0.917. The Kier molecular flexibility index (Phi) is 26.9. The molecular weight excluding hydrogens is 470 g/mol. The average Bonchev–Trinajstić information content (AvgIpc) is 3.32. The average molecular weight is 522 g/mol. The van der Waals surface area contributed by atoms with Crippen LogP contribution in [-0.2, 0) is 23.8 Å². The highest BCUT2D eigenvalue weighted by atomic mass is 32.2. The van der Waals surface area contributed by atoms with Gasteiger partial charge < -0.3 is 41.2 Å². The largest absolute Gasteiger partial charge is 0.379 e. The molecule has 0 spiro atoms. The van der Waals surface area contributed by atoms with Crippen LogP contribution in [0.5, 0.6) is 0 Å². The SMILES string of the molecule is CCCCC(=O)NCCCOCCOCCOCCCNCCCN.CN[C@@H]1CSC[C@@H]1NC=O. The van der Waals surface area contributed by atoms with Crippen molar-refractivity contribution in [2.75, 3.05) is 84.4 Å². The molecule has 1 aliphatic heterocycles. The van der Waals surface area contributed by atoms with Gasteiger partial charge in [0, 0.05) is 43.7 Å². The smallest absolute Gasteiger partial charge is 0.219 e. The number of nitrogens with one attached hydrogen (secondary N) is 4. The maximum atomic E-state index is 11.4. The summed E-state index contributed by atoms with van der Waals surface area (Å²) >= 11 is 1.87. The molecule has 1 rings (SSSR count). The molecule has 0 aromatic rings. The lowest BCUT2D eigenvalue weighted by molar-refractivity contribution is -0.121. The Balaban J connectivity index is 0.000000952. The maximum absolute atomic E-state index is 11.4. The molecule has 1 saturated heterocycles. The molecule has 1 aliphatic rings. The molecule has 2 atom stereocenters. The van der Waals surface area contributed by atoms with E-state index in [1.807, 2.05) is 18.8 Å². The maximum Gasteiger partial charge on any atom is 0.219 e. The molecule has 2 amide bonds. The minimum absolute atomic E-state index is 0.136. The van der Waals surface area contributed by atoms with Crippen molar-refractivity contribution in [2.45, 2.75) is 57.5 Å². The number of likely N-dealkylation sites (N-methyl/N-ethyl adjacent to an activating group) is 1. The molecule has 0 aromatic heterocycles. The Morgan fingerprint density at radius 3 is 2.11 bits per heavy atom. The zero-order valence-electron chi connectivity index (χ0n) is 22.0. The summed E-state index contributed by atoms with van der Waals surface area (Å²) in [5.41, 5.74) is 5.41. The van der Waals surface area contributed by atoms with Gasteiger partial charge in [-0.25, -0.2) is 0 Å². The lowest BCUT2D eigenvalue weighted by atomic mass is 10.2. The second-order valence-corrected chi connectivity index (χ2v) is 9.29. The standard InChI is InChI=1S/C18H39N3O4.C6H12N2OS/c1-2-3-7-18(22)21-11-6-13-24-15-17-25-16-14-23-12-5-10-20-9-4-8-19;1-7-5-2-10-3-6(5)8-4-9/h20H,2-17,19H2,1H3,(H,21,22);4-7H,2-3H2,1H3,(H,8,9)/t;5-,6+/m.1/s1. The van der Waals surface area contributed by atoms with Gasteiger partial charge in [0.15, 0.2) is 0 Å². The molecular formula is C24H51N5O5S. The minimum atomic E-state index is 0.136. The predicted octanol–water partition coefficient (Wildman–Crippen LogP) is 0.497. The van der Waals surface area contributed by atoms with Crippen LogP contribution in [0.4, 0.5) is 0 Å². The highest BCUT2D eigenvalue weighted by Crippen LogP contribution is 2.17. The second-order valence-electron chi connectivity index (χ2n) is 8.21. The summed E-state index contributed by atoms with van der Waals surface area (Å²) in [7, 11) is 1.93. The number of carbonyl (C=O) groups excluding carboxylic acids is 2. The number of carbonyl (C=O) groups is 2. The van der Waals surface area contributed by atoms with E-state index in [1.165, 1.54) is 0 Å². The van der Waals surface area contributed by atoms with Crippen molar-refractivity contribution in [1.82, 2.24) is 21.3 Å². The van der Waals surface area contributed by atoms with E-state index in [0.29, 0.717) is 58.1 Å². The Bertz CT molecular complexity index is 480. The molecule has 35 heavy (non-hydrogen) atoms. The summed E-state index contributed by atoms with van der Waals surface area (Å²) in [5.74, 6) is 2.27.